The van der Waals surface area contributed by atoms with Crippen LogP contribution in [0, 0.1) is 0 Å². The molecule has 4 aromatic carbocycles. The summed E-state index contributed by atoms with van der Waals surface area (Å²) in [5.41, 5.74) is 2.84. The van der Waals surface area contributed by atoms with Crippen molar-refractivity contribution in [3.8, 4) is 0 Å². The van der Waals surface area contributed by atoms with Gasteiger partial charge in [-0.3, -0.25) is 0 Å². The van der Waals surface area contributed by atoms with Gasteiger partial charge in [0.25, 0.3) is 0 Å². The first kappa shape index (κ1) is 25.2. The third-order valence-corrected chi connectivity index (χ3v) is 12.4. The van der Waals surface area contributed by atoms with Crippen LogP contribution in [0.4, 0.5) is 0 Å². The van der Waals surface area contributed by atoms with E-state index in [4.69, 9.17) is 0 Å². The highest BCUT2D eigenvalue weighted by molar-refractivity contribution is 7.73. The van der Waals surface area contributed by atoms with E-state index in [0.717, 1.165) is 38.5 Å². The van der Waals surface area contributed by atoms with E-state index in [1.807, 2.05) is 0 Å². The Hall–Kier alpha value is -3.09. The van der Waals surface area contributed by atoms with E-state index in [9.17, 15) is 0 Å². The molecule has 1 N–H and O–H groups in total. The molecular weight excluding hydrogens is 500 g/mol. The summed E-state index contributed by atoms with van der Waals surface area (Å²) >= 11 is 0. The van der Waals surface area contributed by atoms with Gasteiger partial charge in [0.1, 0.15) is 25.5 Å². The molecule has 5 heteroatoms. The van der Waals surface area contributed by atoms with E-state index < -0.39 is 15.8 Å². The third-order valence-electron chi connectivity index (χ3n) is 7.18. The van der Waals surface area contributed by atoms with Crippen LogP contribution in [-0.2, 0) is 13.1 Å². The number of rotatable bonds is 2. The molecule has 38 heavy (non-hydrogen) atoms. The number of nitrogens with zero attached hydrogens (tertiary/aromatic N) is 2. The van der Waals surface area contributed by atoms with E-state index in [0.29, 0.717) is 0 Å². The second kappa shape index (κ2) is 12.2. The first-order chi connectivity index (χ1) is 18.8. The molecule has 0 saturated carbocycles. The maximum absolute atomic E-state index is 3.85. The first-order valence-electron chi connectivity index (χ1n) is 13.4. The lowest BCUT2D eigenvalue weighted by Crippen LogP contribution is -2.35. The van der Waals surface area contributed by atoms with Crippen LogP contribution in [0.5, 0.6) is 0 Å². The molecule has 0 spiro atoms. The van der Waals surface area contributed by atoms with Crippen LogP contribution < -0.4 is 31.1 Å². The zero-order valence-electron chi connectivity index (χ0n) is 21.7. The number of fused-ring (bicyclic) bond motifs is 4. The summed E-state index contributed by atoms with van der Waals surface area (Å²) < 4.78 is 4.67. The van der Waals surface area contributed by atoms with Crippen molar-refractivity contribution >= 4 is 37.1 Å². The lowest BCUT2D eigenvalue weighted by atomic mass is 10.2. The molecule has 0 radical (unpaired) electrons. The highest BCUT2D eigenvalue weighted by Gasteiger charge is 2.21. The van der Waals surface area contributed by atoms with Gasteiger partial charge in [0.15, 0.2) is 0 Å². The Kier molecular flexibility index (Phi) is 8.08. The summed E-state index contributed by atoms with van der Waals surface area (Å²) in [6.45, 7) is 3.83. The van der Waals surface area contributed by atoms with Gasteiger partial charge in [-0.15, -0.1) is 0 Å². The zero-order chi connectivity index (χ0) is 25.6. The van der Waals surface area contributed by atoms with Gasteiger partial charge in [-0.25, -0.2) is 9.13 Å². The lowest BCUT2D eigenvalue weighted by Gasteiger charge is -2.23. The summed E-state index contributed by atoms with van der Waals surface area (Å²) in [5.74, 6) is 0. The maximum atomic E-state index is 3.85. The van der Waals surface area contributed by atoms with Gasteiger partial charge in [-0.05, 0) is 62.5 Å². The number of benzene rings is 4. The molecule has 0 amide bonds. The standard InChI is InChI=1S/C33H34N3P2/c1-3-13-30(14-4-1)37-23-19-34-20-24-38(31-15-5-2-6-16-31)33-18-10-8-12-29(33)26-36-22-21-35(27-36)25-28-11-7-9-17-32(28)37/h1-18,21-22,27,34H,19-20,23-26H2/q+1/t37-,38-/m0/s1. The fraction of sp³-hybridized carbons (Fsp3) is 0.182. The molecule has 5 aromatic rings. The van der Waals surface area contributed by atoms with E-state index in [1.54, 1.807) is 0 Å². The third kappa shape index (κ3) is 5.82. The highest BCUT2D eigenvalue weighted by atomic mass is 31.1. The van der Waals surface area contributed by atoms with Crippen molar-refractivity contribution < 1.29 is 4.57 Å². The van der Waals surface area contributed by atoms with E-state index in [-0.39, 0.29) is 0 Å². The van der Waals surface area contributed by atoms with Crippen molar-refractivity contribution in [1.29, 1.82) is 0 Å². The predicted molar refractivity (Wildman–Crippen MR) is 164 cm³/mol. The Morgan fingerprint density at radius 3 is 1.76 bits per heavy atom. The fourth-order valence-electron chi connectivity index (χ4n) is 5.33. The van der Waals surface area contributed by atoms with Gasteiger partial charge in [0, 0.05) is 11.1 Å². The maximum Gasteiger partial charge on any atom is 0.244 e. The quantitative estimate of drug-likeness (QED) is 0.264. The molecule has 190 valence electrons. The summed E-state index contributed by atoms with van der Waals surface area (Å²) in [7, 11) is -0.892. The van der Waals surface area contributed by atoms with Crippen molar-refractivity contribution in [1.82, 2.24) is 9.88 Å². The fourth-order valence-corrected chi connectivity index (χ4v) is 10.2. The molecule has 1 aliphatic heterocycles. The SMILES string of the molecule is c1ccc([P@]2CCNCC[P@@](c3ccccc3)c3ccccc3C[n+]3ccn(c3)Cc3ccccc32)cc1. The molecule has 0 fully saturated rings. The van der Waals surface area contributed by atoms with Crippen LogP contribution in [0.25, 0.3) is 0 Å². The van der Waals surface area contributed by atoms with E-state index >= 15 is 0 Å². The molecule has 2 heterocycles. The van der Waals surface area contributed by atoms with Gasteiger partial charge in [-0.2, -0.15) is 0 Å². The molecule has 1 aromatic heterocycles. The molecular formula is C33H34N3P2+. The first-order valence-corrected chi connectivity index (χ1v) is 16.5. The molecule has 1 aliphatic rings. The van der Waals surface area contributed by atoms with Gasteiger partial charge in [0.2, 0.25) is 6.33 Å². The van der Waals surface area contributed by atoms with Crippen molar-refractivity contribution in [2.45, 2.75) is 13.1 Å². The summed E-state index contributed by atoms with van der Waals surface area (Å²) in [4.78, 5) is 0. The summed E-state index contributed by atoms with van der Waals surface area (Å²) in [5, 5.41) is 9.77. The molecule has 0 unspecified atom stereocenters. The molecule has 2 bridgehead atoms. The summed E-state index contributed by atoms with van der Waals surface area (Å²) in [6.07, 6.45) is 9.01. The molecule has 0 saturated heterocycles. The zero-order valence-corrected chi connectivity index (χ0v) is 23.4. The monoisotopic (exact) mass is 534 g/mol. The Labute approximate surface area is 228 Å². The van der Waals surface area contributed by atoms with Gasteiger partial charge in [0.05, 0.1) is 0 Å². The Morgan fingerprint density at radius 2 is 1.13 bits per heavy atom. The smallest absolute Gasteiger partial charge is 0.244 e. The largest absolute Gasteiger partial charge is 0.316 e. The molecule has 2 atom stereocenters. The van der Waals surface area contributed by atoms with Crippen molar-refractivity contribution in [3.05, 3.63) is 139 Å². The van der Waals surface area contributed by atoms with Crippen LogP contribution in [-0.4, -0.2) is 30.0 Å². The number of hydrogen-bond donors (Lipinski definition) is 1. The number of aromatic nitrogens is 2. The van der Waals surface area contributed by atoms with Crippen LogP contribution in [0.15, 0.2) is 128 Å². The van der Waals surface area contributed by atoms with Gasteiger partial charge in [-0.1, -0.05) is 109 Å². The number of hydrogen-bond acceptors (Lipinski definition) is 1. The van der Waals surface area contributed by atoms with Crippen molar-refractivity contribution in [2.75, 3.05) is 25.4 Å². The molecule has 6 rings (SSSR count). The van der Waals surface area contributed by atoms with Crippen LogP contribution in [0.2, 0.25) is 0 Å². The minimum Gasteiger partial charge on any atom is -0.316 e. The topological polar surface area (TPSA) is 20.8 Å². The minimum absolute atomic E-state index is 0.446. The Morgan fingerprint density at radius 1 is 0.605 bits per heavy atom. The Balaban J connectivity index is 1.39. The van der Waals surface area contributed by atoms with Crippen molar-refractivity contribution in [3.63, 3.8) is 0 Å². The number of nitrogens with one attached hydrogen (secondary N) is 1. The van der Waals surface area contributed by atoms with Gasteiger partial charge >= 0.3 is 0 Å². The van der Waals surface area contributed by atoms with Gasteiger partial charge < -0.3 is 5.32 Å². The summed E-state index contributed by atoms with van der Waals surface area (Å²) in [6, 6.07) is 40.4. The van der Waals surface area contributed by atoms with E-state index in [2.05, 4.69) is 142 Å². The normalized spacial score (nSPS) is 18.3. The predicted octanol–water partition coefficient (Wildman–Crippen LogP) is 4.34. The molecule has 0 aliphatic carbocycles. The van der Waals surface area contributed by atoms with E-state index in [1.165, 1.54) is 32.3 Å². The second-order valence-corrected chi connectivity index (χ2v) is 14.3. The lowest BCUT2D eigenvalue weighted by molar-refractivity contribution is -0.687. The second-order valence-electron chi connectivity index (χ2n) is 9.74. The molecule has 3 nitrogen and oxygen atoms in total. The minimum atomic E-state index is -0.446. The van der Waals surface area contributed by atoms with Crippen molar-refractivity contribution in [2.24, 2.45) is 0 Å². The highest BCUT2D eigenvalue weighted by Crippen LogP contribution is 2.36. The number of imidazole rings is 1. The van der Waals surface area contributed by atoms with Crippen LogP contribution in [0.1, 0.15) is 11.1 Å². The van der Waals surface area contributed by atoms with Crippen LogP contribution in [0.3, 0.4) is 0 Å². The average molecular weight is 535 g/mol. The average Bonchev–Trinajstić information content (AvgIpc) is 3.41. The van der Waals surface area contributed by atoms with Crippen LogP contribution >= 0.6 is 15.8 Å². The Bertz CT molecular complexity index is 1360.